The maximum absolute atomic E-state index is 12.7. The first-order valence-electron chi connectivity index (χ1n) is 7.40. The number of esters is 1. The smallest absolute Gasteiger partial charge is 0.461 e. The van der Waals surface area contributed by atoms with E-state index in [-0.39, 0.29) is 26.1 Å². The Balaban J connectivity index is 2.05. The summed E-state index contributed by atoms with van der Waals surface area (Å²) < 4.78 is 66.6. The molecule has 134 valence electrons. The molecule has 0 unspecified atom stereocenters. The number of hydrogen-bond acceptors (Lipinski definition) is 4. The van der Waals surface area contributed by atoms with Crippen LogP contribution in [0.1, 0.15) is 30.1 Å². The van der Waals surface area contributed by atoms with Crippen LogP contribution in [0, 0.1) is 5.41 Å². The zero-order chi connectivity index (χ0) is 18.0. The van der Waals surface area contributed by atoms with Crippen molar-refractivity contribution >= 4 is 16.0 Å². The van der Waals surface area contributed by atoms with Gasteiger partial charge in [-0.1, -0.05) is 25.1 Å². The molecule has 1 aliphatic rings. The number of carbonyl (C=O) groups excluding carboxylic acids is 1. The van der Waals surface area contributed by atoms with E-state index in [4.69, 9.17) is 4.74 Å². The van der Waals surface area contributed by atoms with Crippen LogP contribution in [0.2, 0.25) is 0 Å². The summed E-state index contributed by atoms with van der Waals surface area (Å²) in [6.07, 6.45) is 0.611. The molecule has 5 nitrogen and oxygen atoms in total. The number of alkyl halides is 3. The first-order chi connectivity index (χ1) is 11.1. The molecule has 0 spiro atoms. The molecule has 0 aliphatic carbocycles. The number of carbonyl (C=O) groups is 1. The van der Waals surface area contributed by atoms with Gasteiger partial charge in [0.1, 0.15) is 0 Å². The van der Waals surface area contributed by atoms with Crippen molar-refractivity contribution < 1.29 is 31.1 Å². The predicted molar refractivity (Wildman–Crippen MR) is 80.6 cm³/mol. The molecule has 0 N–H and O–H groups in total. The third kappa shape index (κ3) is 3.72. The molecule has 1 atom stereocenters. The van der Waals surface area contributed by atoms with Crippen LogP contribution in [0.5, 0.6) is 0 Å². The molecular formula is C15H18F3NO4S. The second-order valence-corrected chi connectivity index (χ2v) is 7.76. The molecule has 0 bridgehead atoms. The van der Waals surface area contributed by atoms with E-state index >= 15 is 0 Å². The average Bonchev–Trinajstić information content (AvgIpc) is 2.98. The highest BCUT2D eigenvalue weighted by Gasteiger charge is 2.54. The van der Waals surface area contributed by atoms with Gasteiger partial charge in [-0.15, -0.1) is 0 Å². The summed E-state index contributed by atoms with van der Waals surface area (Å²) in [6, 6.07) is 8.20. The molecule has 1 saturated heterocycles. The molecule has 2 rings (SSSR count). The van der Waals surface area contributed by atoms with Crippen molar-refractivity contribution in [1.29, 1.82) is 0 Å². The van der Waals surface area contributed by atoms with E-state index in [0.717, 1.165) is 0 Å². The zero-order valence-electron chi connectivity index (χ0n) is 13.0. The van der Waals surface area contributed by atoms with Crippen molar-refractivity contribution in [2.24, 2.45) is 5.41 Å². The fourth-order valence-electron chi connectivity index (χ4n) is 2.63. The van der Waals surface area contributed by atoms with Crippen LogP contribution < -0.4 is 0 Å². The van der Waals surface area contributed by atoms with Gasteiger partial charge in [0.25, 0.3) is 0 Å². The van der Waals surface area contributed by atoms with Gasteiger partial charge in [-0.05, 0) is 25.0 Å². The minimum absolute atomic E-state index is 0.124. The Kier molecular flexibility index (Phi) is 5.24. The Morgan fingerprint density at radius 2 is 1.92 bits per heavy atom. The van der Waals surface area contributed by atoms with Crippen LogP contribution >= 0.6 is 0 Å². The summed E-state index contributed by atoms with van der Waals surface area (Å²) in [4.78, 5) is 12.0. The first-order valence-corrected chi connectivity index (χ1v) is 8.84. The molecule has 24 heavy (non-hydrogen) atoms. The van der Waals surface area contributed by atoms with E-state index in [0.29, 0.717) is 16.3 Å². The summed E-state index contributed by atoms with van der Waals surface area (Å²) in [6.45, 7) is 1.06. The lowest BCUT2D eigenvalue weighted by molar-refractivity contribution is -0.0488. The van der Waals surface area contributed by atoms with Gasteiger partial charge in [0, 0.05) is 18.5 Å². The van der Waals surface area contributed by atoms with E-state index < -0.39 is 26.9 Å². The van der Waals surface area contributed by atoms with Crippen LogP contribution in [-0.2, 0) is 14.8 Å². The van der Waals surface area contributed by atoms with Crippen LogP contribution in [0.15, 0.2) is 30.3 Å². The molecule has 1 aromatic carbocycles. The quantitative estimate of drug-likeness (QED) is 0.753. The number of benzene rings is 1. The molecule has 0 aromatic heterocycles. The van der Waals surface area contributed by atoms with E-state index in [2.05, 4.69) is 0 Å². The molecule has 0 radical (unpaired) electrons. The molecule has 0 amide bonds. The minimum Gasteiger partial charge on any atom is -0.461 e. The molecule has 9 heteroatoms. The summed E-state index contributed by atoms with van der Waals surface area (Å²) in [7, 11) is -5.36. The Hall–Kier alpha value is -1.61. The Labute approximate surface area is 138 Å². The van der Waals surface area contributed by atoms with Crippen LogP contribution in [-0.4, -0.2) is 43.9 Å². The molecule has 0 saturated carbocycles. The highest BCUT2D eigenvalue weighted by molar-refractivity contribution is 7.90. The Morgan fingerprint density at radius 3 is 2.46 bits per heavy atom. The van der Waals surface area contributed by atoms with E-state index in [1.165, 1.54) is 0 Å². The molecule has 1 aliphatic heterocycles. The largest absolute Gasteiger partial charge is 0.511 e. The number of sulfonamides is 1. The monoisotopic (exact) mass is 365 g/mol. The van der Waals surface area contributed by atoms with Gasteiger partial charge < -0.3 is 4.74 Å². The Bertz CT molecular complexity index is 690. The molecule has 1 heterocycles. The third-order valence-corrected chi connectivity index (χ3v) is 5.88. The maximum Gasteiger partial charge on any atom is 0.511 e. The van der Waals surface area contributed by atoms with E-state index in [9.17, 15) is 26.4 Å². The zero-order valence-corrected chi connectivity index (χ0v) is 13.9. The Morgan fingerprint density at radius 1 is 1.29 bits per heavy atom. The lowest BCUT2D eigenvalue weighted by Crippen LogP contribution is -2.41. The standard InChI is InChI=1S/C15H18F3NO4S/c1-2-14(11-23-13(20)12-6-4-3-5-7-12)8-9-19(10-14)24(21,22)15(16,17)18/h3-7H,2,8-11H2,1H3/t14-/m0/s1. The van der Waals surface area contributed by atoms with Gasteiger partial charge in [0.15, 0.2) is 0 Å². The van der Waals surface area contributed by atoms with Gasteiger partial charge >= 0.3 is 21.5 Å². The minimum atomic E-state index is -5.36. The van der Waals surface area contributed by atoms with Gasteiger partial charge in [-0.2, -0.15) is 17.5 Å². The SMILES string of the molecule is CC[C@]1(COC(=O)c2ccccc2)CCN(S(=O)(=O)C(F)(F)F)C1. The fraction of sp³-hybridized carbons (Fsp3) is 0.533. The van der Waals surface area contributed by atoms with Crippen molar-refractivity contribution in [3.63, 3.8) is 0 Å². The number of rotatable bonds is 5. The van der Waals surface area contributed by atoms with E-state index in [1.54, 1.807) is 37.3 Å². The molecular weight excluding hydrogens is 347 g/mol. The number of halogens is 3. The van der Waals surface area contributed by atoms with Gasteiger partial charge in [0.05, 0.1) is 12.2 Å². The third-order valence-electron chi connectivity index (χ3n) is 4.30. The summed E-state index contributed by atoms with van der Waals surface area (Å²) in [5, 5.41) is 0. The lowest BCUT2D eigenvalue weighted by atomic mass is 9.85. The van der Waals surface area contributed by atoms with Crippen molar-refractivity contribution in [3.05, 3.63) is 35.9 Å². The van der Waals surface area contributed by atoms with Gasteiger partial charge in [-0.25, -0.2) is 13.2 Å². The number of hydrogen-bond donors (Lipinski definition) is 0. The lowest BCUT2D eigenvalue weighted by Gasteiger charge is -2.27. The van der Waals surface area contributed by atoms with E-state index in [1.807, 2.05) is 0 Å². The second kappa shape index (κ2) is 6.72. The molecule has 1 aromatic rings. The van der Waals surface area contributed by atoms with Crippen molar-refractivity contribution in [2.75, 3.05) is 19.7 Å². The normalized spacial score (nSPS) is 22.5. The van der Waals surface area contributed by atoms with Crippen LogP contribution in [0.25, 0.3) is 0 Å². The van der Waals surface area contributed by atoms with Crippen molar-refractivity contribution in [1.82, 2.24) is 4.31 Å². The predicted octanol–water partition coefficient (Wildman–Crippen LogP) is 2.80. The topological polar surface area (TPSA) is 63.7 Å². The van der Waals surface area contributed by atoms with Crippen molar-refractivity contribution in [2.45, 2.75) is 25.3 Å². The number of ether oxygens (including phenoxy) is 1. The molecule has 1 fully saturated rings. The maximum atomic E-state index is 12.7. The summed E-state index contributed by atoms with van der Waals surface area (Å²) in [5.74, 6) is -0.583. The summed E-state index contributed by atoms with van der Waals surface area (Å²) >= 11 is 0. The first kappa shape index (κ1) is 18.7. The van der Waals surface area contributed by atoms with Crippen molar-refractivity contribution in [3.8, 4) is 0 Å². The second-order valence-electron chi connectivity index (χ2n) is 5.83. The average molecular weight is 365 g/mol. The number of nitrogens with zero attached hydrogens (tertiary/aromatic N) is 1. The summed E-state index contributed by atoms with van der Waals surface area (Å²) in [5.41, 5.74) is -5.79. The van der Waals surface area contributed by atoms with Crippen LogP contribution in [0.3, 0.4) is 0 Å². The van der Waals surface area contributed by atoms with Gasteiger partial charge in [-0.3, -0.25) is 0 Å². The van der Waals surface area contributed by atoms with Gasteiger partial charge in [0.2, 0.25) is 0 Å². The highest BCUT2D eigenvalue weighted by atomic mass is 32.2. The fourth-order valence-corrected chi connectivity index (χ4v) is 3.70. The highest BCUT2D eigenvalue weighted by Crippen LogP contribution is 2.39. The van der Waals surface area contributed by atoms with Crippen LogP contribution in [0.4, 0.5) is 13.2 Å².